The van der Waals surface area contributed by atoms with E-state index in [-0.39, 0.29) is 11.5 Å². The molecular formula is C15H13NO3. The molecule has 4 nitrogen and oxygen atoms in total. The molecule has 0 aliphatic heterocycles. The Hall–Kier alpha value is -2.49. The van der Waals surface area contributed by atoms with Crippen LogP contribution in [0.3, 0.4) is 0 Å². The van der Waals surface area contributed by atoms with Gasteiger partial charge in [-0.05, 0) is 13.8 Å². The number of nitrogens with zero attached hydrogens (tertiary/aromatic N) is 1. The number of rotatable bonds is 3. The third kappa shape index (κ3) is 2.38. The first kappa shape index (κ1) is 13.0. The standard InChI is InChI=1S/C15H13NO3/c1-10-8-9-13(11(2)14(10)16(18)19)15(17)12-6-4-3-5-7-12/h3-9H,1-2H3. The average molecular weight is 255 g/mol. The van der Waals surface area contributed by atoms with Crippen molar-refractivity contribution < 1.29 is 9.72 Å². The first-order valence-electron chi connectivity index (χ1n) is 5.86. The molecule has 2 rings (SSSR count). The van der Waals surface area contributed by atoms with E-state index in [9.17, 15) is 14.9 Å². The van der Waals surface area contributed by atoms with Crippen LogP contribution in [-0.2, 0) is 0 Å². The maximum atomic E-state index is 12.3. The Kier molecular flexibility index (Phi) is 3.42. The molecule has 0 saturated heterocycles. The highest BCUT2D eigenvalue weighted by molar-refractivity contribution is 6.10. The van der Waals surface area contributed by atoms with Crippen LogP contribution in [0.5, 0.6) is 0 Å². The lowest BCUT2D eigenvalue weighted by atomic mass is 9.96. The number of carbonyl (C=O) groups excluding carboxylic acids is 1. The molecule has 4 heteroatoms. The summed E-state index contributed by atoms with van der Waals surface area (Å²) in [6.45, 7) is 3.28. The molecule has 0 amide bonds. The second-order valence-electron chi connectivity index (χ2n) is 4.36. The molecule has 2 aromatic rings. The molecule has 0 N–H and O–H groups in total. The summed E-state index contributed by atoms with van der Waals surface area (Å²) in [5, 5.41) is 11.0. The Morgan fingerprint density at radius 3 is 2.26 bits per heavy atom. The molecule has 2 aromatic carbocycles. The zero-order valence-corrected chi connectivity index (χ0v) is 10.7. The lowest BCUT2D eigenvalue weighted by molar-refractivity contribution is -0.386. The van der Waals surface area contributed by atoms with E-state index in [4.69, 9.17) is 0 Å². The Labute approximate surface area is 110 Å². The van der Waals surface area contributed by atoms with Crippen molar-refractivity contribution >= 4 is 11.5 Å². The lowest BCUT2D eigenvalue weighted by Gasteiger charge is -2.07. The van der Waals surface area contributed by atoms with Crippen molar-refractivity contribution in [2.24, 2.45) is 0 Å². The van der Waals surface area contributed by atoms with Gasteiger partial charge in [0.1, 0.15) is 0 Å². The molecule has 0 atom stereocenters. The van der Waals surface area contributed by atoms with E-state index in [1.807, 2.05) is 6.07 Å². The van der Waals surface area contributed by atoms with E-state index in [0.29, 0.717) is 22.3 Å². The number of nitro groups is 1. The minimum absolute atomic E-state index is 0.0155. The van der Waals surface area contributed by atoms with Gasteiger partial charge < -0.3 is 0 Å². The van der Waals surface area contributed by atoms with Gasteiger partial charge in [0.15, 0.2) is 5.78 Å². The zero-order chi connectivity index (χ0) is 14.0. The van der Waals surface area contributed by atoms with Crippen LogP contribution in [0, 0.1) is 24.0 Å². The average Bonchev–Trinajstić information content (AvgIpc) is 2.39. The highest BCUT2D eigenvalue weighted by atomic mass is 16.6. The van der Waals surface area contributed by atoms with Crippen molar-refractivity contribution in [3.05, 3.63) is 74.8 Å². The Morgan fingerprint density at radius 2 is 1.68 bits per heavy atom. The predicted octanol–water partition coefficient (Wildman–Crippen LogP) is 3.44. The fourth-order valence-electron chi connectivity index (χ4n) is 2.11. The zero-order valence-electron chi connectivity index (χ0n) is 10.7. The van der Waals surface area contributed by atoms with Crippen LogP contribution in [0.4, 0.5) is 5.69 Å². The monoisotopic (exact) mass is 255 g/mol. The van der Waals surface area contributed by atoms with Crippen molar-refractivity contribution in [2.75, 3.05) is 0 Å². The van der Waals surface area contributed by atoms with Crippen LogP contribution in [0.15, 0.2) is 42.5 Å². The summed E-state index contributed by atoms with van der Waals surface area (Å²) in [4.78, 5) is 22.9. The van der Waals surface area contributed by atoms with Crippen molar-refractivity contribution in [1.29, 1.82) is 0 Å². The topological polar surface area (TPSA) is 60.2 Å². The molecule has 0 fully saturated rings. The minimum Gasteiger partial charge on any atom is -0.289 e. The van der Waals surface area contributed by atoms with E-state index >= 15 is 0 Å². The summed E-state index contributed by atoms with van der Waals surface area (Å²) in [6.07, 6.45) is 0. The van der Waals surface area contributed by atoms with Crippen molar-refractivity contribution in [2.45, 2.75) is 13.8 Å². The number of carbonyl (C=O) groups is 1. The van der Waals surface area contributed by atoms with Crippen molar-refractivity contribution in [3.63, 3.8) is 0 Å². The van der Waals surface area contributed by atoms with Crippen LogP contribution >= 0.6 is 0 Å². The quantitative estimate of drug-likeness (QED) is 0.479. The molecule has 0 heterocycles. The second-order valence-corrected chi connectivity index (χ2v) is 4.36. The molecule has 0 aromatic heterocycles. The van der Waals surface area contributed by atoms with E-state index in [1.54, 1.807) is 50.2 Å². The summed E-state index contributed by atoms with van der Waals surface area (Å²) < 4.78 is 0. The number of nitro benzene ring substituents is 1. The maximum absolute atomic E-state index is 12.3. The normalized spacial score (nSPS) is 10.2. The predicted molar refractivity (Wildman–Crippen MR) is 72.4 cm³/mol. The summed E-state index contributed by atoms with van der Waals surface area (Å²) >= 11 is 0. The fourth-order valence-corrected chi connectivity index (χ4v) is 2.11. The molecule has 19 heavy (non-hydrogen) atoms. The lowest BCUT2D eigenvalue weighted by Crippen LogP contribution is -2.06. The van der Waals surface area contributed by atoms with Gasteiger partial charge in [-0.2, -0.15) is 0 Å². The Balaban J connectivity index is 2.56. The number of ketones is 1. The Morgan fingerprint density at radius 1 is 1.05 bits per heavy atom. The van der Waals surface area contributed by atoms with E-state index in [1.165, 1.54) is 0 Å². The number of aryl methyl sites for hydroxylation is 1. The third-order valence-corrected chi connectivity index (χ3v) is 3.10. The first-order chi connectivity index (χ1) is 9.02. The second kappa shape index (κ2) is 5.02. The molecular weight excluding hydrogens is 242 g/mol. The van der Waals surface area contributed by atoms with Crippen LogP contribution in [-0.4, -0.2) is 10.7 Å². The number of hydrogen-bond donors (Lipinski definition) is 0. The van der Waals surface area contributed by atoms with Gasteiger partial charge >= 0.3 is 0 Å². The molecule has 0 unspecified atom stereocenters. The molecule has 0 aliphatic rings. The highest BCUT2D eigenvalue weighted by Gasteiger charge is 2.21. The third-order valence-electron chi connectivity index (χ3n) is 3.10. The molecule has 0 radical (unpaired) electrons. The molecule has 0 aliphatic carbocycles. The summed E-state index contributed by atoms with van der Waals surface area (Å²) in [5.41, 5.74) is 1.90. The summed E-state index contributed by atoms with van der Waals surface area (Å²) in [5.74, 6) is -0.193. The number of benzene rings is 2. The van der Waals surface area contributed by atoms with Gasteiger partial charge in [-0.25, -0.2) is 0 Å². The largest absolute Gasteiger partial charge is 0.289 e. The molecule has 96 valence electrons. The van der Waals surface area contributed by atoms with Gasteiger partial charge in [0.05, 0.1) is 4.92 Å². The van der Waals surface area contributed by atoms with Crippen molar-refractivity contribution in [3.8, 4) is 0 Å². The highest BCUT2D eigenvalue weighted by Crippen LogP contribution is 2.27. The van der Waals surface area contributed by atoms with Gasteiger partial charge in [0.2, 0.25) is 0 Å². The van der Waals surface area contributed by atoms with Crippen LogP contribution in [0.2, 0.25) is 0 Å². The Bertz CT molecular complexity index is 648. The smallest absolute Gasteiger partial charge is 0.275 e. The molecule has 0 saturated carbocycles. The van der Waals surface area contributed by atoms with E-state index in [2.05, 4.69) is 0 Å². The summed E-state index contributed by atoms with van der Waals surface area (Å²) in [6, 6.07) is 12.0. The van der Waals surface area contributed by atoms with Gasteiger partial charge in [0.25, 0.3) is 5.69 Å². The SMILES string of the molecule is Cc1ccc(C(=O)c2ccccc2)c(C)c1[N+](=O)[O-]. The van der Waals surface area contributed by atoms with Gasteiger partial charge in [0, 0.05) is 22.3 Å². The van der Waals surface area contributed by atoms with E-state index in [0.717, 1.165) is 0 Å². The van der Waals surface area contributed by atoms with Gasteiger partial charge in [-0.15, -0.1) is 0 Å². The van der Waals surface area contributed by atoms with Crippen LogP contribution < -0.4 is 0 Å². The van der Waals surface area contributed by atoms with Crippen molar-refractivity contribution in [1.82, 2.24) is 0 Å². The number of hydrogen-bond acceptors (Lipinski definition) is 3. The van der Waals surface area contributed by atoms with Crippen LogP contribution in [0.25, 0.3) is 0 Å². The minimum atomic E-state index is -0.438. The molecule has 0 spiro atoms. The first-order valence-corrected chi connectivity index (χ1v) is 5.86. The fraction of sp³-hybridized carbons (Fsp3) is 0.133. The van der Waals surface area contributed by atoms with Gasteiger partial charge in [-0.3, -0.25) is 14.9 Å². The maximum Gasteiger partial charge on any atom is 0.275 e. The van der Waals surface area contributed by atoms with Crippen LogP contribution in [0.1, 0.15) is 27.0 Å². The van der Waals surface area contributed by atoms with Gasteiger partial charge in [-0.1, -0.05) is 42.5 Å². The molecule has 0 bridgehead atoms. The van der Waals surface area contributed by atoms with E-state index < -0.39 is 4.92 Å². The summed E-state index contributed by atoms with van der Waals surface area (Å²) in [7, 11) is 0.